The maximum absolute atomic E-state index is 13.0. The van der Waals surface area contributed by atoms with Gasteiger partial charge in [-0.15, -0.1) is 10.2 Å². The molecule has 10 heteroatoms. The van der Waals surface area contributed by atoms with Gasteiger partial charge in [-0.25, -0.2) is 4.98 Å². The standard InChI is InChI=1S/C23H27N5O4S/c1-14(2)12-17(20(31)22-26-27-23(32-22)33-15(3)4)25-18(29)13-28-19(30)10-11-24-21(28)16-8-6-5-7-9-16/h5-11,14-15,17H,12-13H2,1-4H3,(H,25,29)/t17-/m0/s1. The summed E-state index contributed by atoms with van der Waals surface area (Å²) < 4.78 is 6.77. The van der Waals surface area contributed by atoms with Crippen LogP contribution in [-0.4, -0.2) is 42.7 Å². The Morgan fingerprint density at radius 1 is 1.09 bits per heavy atom. The third-order valence-electron chi connectivity index (χ3n) is 4.58. The summed E-state index contributed by atoms with van der Waals surface area (Å²) in [7, 11) is 0. The van der Waals surface area contributed by atoms with Gasteiger partial charge in [-0.2, -0.15) is 0 Å². The number of nitrogens with one attached hydrogen (secondary N) is 1. The number of hydrogen-bond acceptors (Lipinski definition) is 8. The van der Waals surface area contributed by atoms with Crippen molar-refractivity contribution in [1.82, 2.24) is 25.1 Å². The first kappa shape index (κ1) is 24.4. The second-order valence-electron chi connectivity index (χ2n) is 8.21. The van der Waals surface area contributed by atoms with E-state index in [0.717, 1.165) is 0 Å². The van der Waals surface area contributed by atoms with Crippen LogP contribution in [0.1, 0.15) is 44.8 Å². The lowest BCUT2D eigenvalue weighted by atomic mass is 10.00. The van der Waals surface area contributed by atoms with E-state index in [1.165, 1.54) is 28.6 Å². The summed E-state index contributed by atoms with van der Waals surface area (Å²) in [5, 5.41) is 11.0. The molecule has 3 aromatic rings. The van der Waals surface area contributed by atoms with Gasteiger partial charge < -0.3 is 9.73 Å². The number of carbonyl (C=O) groups is 2. The molecule has 0 spiro atoms. The second-order valence-corrected chi connectivity index (χ2v) is 9.74. The van der Waals surface area contributed by atoms with Crippen LogP contribution in [0.15, 0.2) is 57.0 Å². The number of rotatable bonds is 10. The predicted octanol–water partition coefficient (Wildman–Crippen LogP) is 3.21. The first-order valence-corrected chi connectivity index (χ1v) is 11.6. The molecular formula is C23H27N5O4S. The SMILES string of the molecule is CC(C)C[C@H](NC(=O)Cn1c(-c2ccccc2)nccc1=O)C(=O)c1nnc(SC(C)C)o1. The van der Waals surface area contributed by atoms with Gasteiger partial charge in [0.25, 0.3) is 16.7 Å². The van der Waals surface area contributed by atoms with Crippen molar-refractivity contribution in [3.8, 4) is 11.4 Å². The van der Waals surface area contributed by atoms with Crippen LogP contribution < -0.4 is 10.9 Å². The van der Waals surface area contributed by atoms with Gasteiger partial charge in [-0.3, -0.25) is 19.0 Å². The van der Waals surface area contributed by atoms with E-state index in [0.29, 0.717) is 23.0 Å². The molecule has 1 aromatic carbocycles. The van der Waals surface area contributed by atoms with Crippen molar-refractivity contribution < 1.29 is 14.0 Å². The largest absolute Gasteiger partial charge is 0.408 e. The highest BCUT2D eigenvalue weighted by Crippen LogP contribution is 2.22. The van der Waals surface area contributed by atoms with E-state index >= 15 is 0 Å². The number of carbonyl (C=O) groups excluding carboxylic acids is 2. The summed E-state index contributed by atoms with van der Waals surface area (Å²) in [4.78, 5) is 42.7. The molecule has 1 atom stereocenters. The van der Waals surface area contributed by atoms with Gasteiger partial charge in [0.2, 0.25) is 11.7 Å². The fourth-order valence-electron chi connectivity index (χ4n) is 3.20. The average molecular weight is 470 g/mol. The van der Waals surface area contributed by atoms with Gasteiger partial charge in [0.15, 0.2) is 0 Å². The summed E-state index contributed by atoms with van der Waals surface area (Å²) in [6.45, 7) is 7.56. The van der Waals surface area contributed by atoms with E-state index in [4.69, 9.17) is 4.42 Å². The molecule has 3 rings (SSSR count). The van der Waals surface area contributed by atoms with Crippen LogP contribution in [0.4, 0.5) is 0 Å². The van der Waals surface area contributed by atoms with Crippen LogP contribution in [0.25, 0.3) is 11.4 Å². The highest BCUT2D eigenvalue weighted by atomic mass is 32.2. The van der Waals surface area contributed by atoms with Gasteiger partial charge in [-0.05, 0) is 12.3 Å². The summed E-state index contributed by atoms with van der Waals surface area (Å²) >= 11 is 1.35. The van der Waals surface area contributed by atoms with Crippen LogP contribution in [0, 0.1) is 5.92 Å². The van der Waals surface area contributed by atoms with E-state index in [1.807, 2.05) is 58.0 Å². The van der Waals surface area contributed by atoms with E-state index in [-0.39, 0.29) is 29.2 Å². The summed E-state index contributed by atoms with van der Waals surface area (Å²) in [5.41, 5.74) is 0.344. The number of nitrogens with zero attached hydrogens (tertiary/aromatic N) is 4. The molecule has 33 heavy (non-hydrogen) atoms. The Morgan fingerprint density at radius 3 is 2.48 bits per heavy atom. The molecule has 2 heterocycles. The first-order valence-electron chi connectivity index (χ1n) is 10.7. The number of amides is 1. The molecule has 1 N–H and O–H groups in total. The van der Waals surface area contributed by atoms with Gasteiger partial charge in [0.1, 0.15) is 12.4 Å². The molecule has 0 aliphatic carbocycles. The lowest BCUT2D eigenvalue weighted by Crippen LogP contribution is -2.44. The summed E-state index contributed by atoms with van der Waals surface area (Å²) in [5.74, 6) is -0.600. The maximum atomic E-state index is 13.0. The number of thioether (sulfide) groups is 1. The fraction of sp³-hybridized carbons (Fsp3) is 0.391. The minimum Gasteiger partial charge on any atom is -0.408 e. The van der Waals surface area contributed by atoms with Gasteiger partial charge in [0.05, 0.1) is 6.04 Å². The zero-order chi connectivity index (χ0) is 24.0. The van der Waals surface area contributed by atoms with E-state index < -0.39 is 17.7 Å². The minimum absolute atomic E-state index is 0.118. The Bertz CT molecular complexity index is 1160. The number of hydrogen-bond donors (Lipinski definition) is 1. The van der Waals surface area contributed by atoms with Gasteiger partial charge in [-0.1, -0.05) is 69.8 Å². The van der Waals surface area contributed by atoms with Crippen molar-refractivity contribution in [2.75, 3.05) is 0 Å². The molecule has 1 amide bonds. The molecule has 174 valence electrons. The van der Waals surface area contributed by atoms with Crippen molar-refractivity contribution in [3.63, 3.8) is 0 Å². The van der Waals surface area contributed by atoms with Crippen LogP contribution in [0.5, 0.6) is 0 Å². The Morgan fingerprint density at radius 2 is 1.82 bits per heavy atom. The number of aromatic nitrogens is 4. The molecule has 9 nitrogen and oxygen atoms in total. The van der Waals surface area contributed by atoms with Crippen LogP contribution in [-0.2, 0) is 11.3 Å². The predicted molar refractivity (Wildman–Crippen MR) is 125 cm³/mol. The van der Waals surface area contributed by atoms with E-state index in [1.54, 1.807) is 0 Å². The van der Waals surface area contributed by atoms with Gasteiger partial charge in [0, 0.05) is 23.1 Å². The molecule has 0 bridgehead atoms. The third-order valence-corrected chi connectivity index (χ3v) is 5.42. The highest BCUT2D eigenvalue weighted by molar-refractivity contribution is 7.99. The Kier molecular flexibility index (Phi) is 8.16. The fourth-order valence-corrected chi connectivity index (χ4v) is 3.82. The van der Waals surface area contributed by atoms with Crippen molar-refractivity contribution in [2.45, 2.75) is 57.2 Å². The molecule has 0 unspecified atom stereocenters. The minimum atomic E-state index is -0.859. The molecule has 2 aromatic heterocycles. The van der Waals surface area contributed by atoms with Crippen LogP contribution >= 0.6 is 11.8 Å². The number of benzene rings is 1. The highest BCUT2D eigenvalue weighted by Gasteiger charge is 2.28. The lowest BCUT2D eigenvalue weighted by molar-refractivity contribution is -0.122. The van der Waals surface area contributed by atoms with Crippen molar-refractivity contribution in [3.05, 3.63) is 58.8 Å². The second kappa shape index (κ2) is 11.0. The average Bonchev–Trinajstić information content (AvgIpc) is 3.22. The molecule has 0 aliphatic heterocycles. The molecular weight excluding hydrogens is 442 g/mol. The molecule has 0 fully saturated rings. The molecule has 0 saturated carbocycles. The van der Waals surface area contributed by atoms with E-state index in [2.05, 4.69) is 20.5 Å². The van der Waals surface area contributed by atoms with Crippen molar-refractivity contribution in [1.29, 1.82) is 0 Å². The normalized spacial score (nSPS) is 12.2. The van der Waals surface area contributed by atoms with Crippen molar-refractivity contribution >= 4 is 23.5 Å². The number of ketones is 1. The summed E-state index contributed by atoms with van der Waals surface area (Å²) in [6.07, 6.45) is 1.79. The Balaban J connectivity index is 1.80. The molecule has 0 radical (unpaired) electrons. The first-order chi connectivity index (χ1) is 15.7. The maximum Gasteiger partial charge on any atom is 0.286 e. The van der Waals surface area contributed by atoms with E-state index in [9.17, 15) is 14.4 Å². The lowest BCUT2D eigenvalue weighted by Gasteiger charge is -2.19. The van der Waals surface area contributed by atoms with Gasteiger partial charge >= 0.3 is 0 Å². The van der Waals surface area contributed by atoms with Crippen molar-refractivity contribution in [2.24, 2.45) is 5.92 Å². The Hall–Kier alpha value is -3.27. The quantitative estimate of drug-likeness (QED) is 0.355. The van der Waals surface area contributed by atoms with Crippen LogP contribution in [0.2, 0.25) is 0 Å². The number of Topliss-reactive ketones (excluding diaryl/α,β-unsaturated/α-hetero) is 1. The molecule has 0 saturated heterocycles. The summed E-state index contributed by atoms with van der Waals surface area (Å²) in [6, 6.07) is 9.56. The zero-order valence-corrected chi connectivity index (χ0v) is 19.8. The smallest absolute Gasteiger partial charge is 0.286 e. The molecule has 0 aliphatic rings. The third kappa shape index (κ3) is 6.61. The Labute approximate surface area is 196 Å². The van der Waals surface area contributed by atoms with Crippen LogP contribution in [0.3, 0.4) is 0 Å². The topological polar surface area (TPSA) is 120 Å². The zero-order valence-electron chi connectivity index (χ0n) is 19.0. The monoisotopic (exact) mass is 469 g/mol.